The van der Waals surface area contributed by atoms with Crippen LogP contribution in [0.3, 0.4) is 0 Å². The number of unbranched alkanes of at least 4 members (excludes halogenated alkanes) is 1. The first-order valence-corrected chi connectivity index (χ1v) is 20.5. The lowest BCUT2D eigenvalue weighted by Gasteiger charge is -2.32. The van der Waals surface area contributed by atoms with E-state index in [1.807, 2.05) is 61.2 Å². The van der Waals surface area contributed by atoms with Crippen LogP contribution >= 0.6 is 24.2 Å². The molecule has 0 unspecified atom stereocenters. The molecule has 6 rings (SSSR count). The van der Waals surface area contributed by atoms with Crippen LogP contribution in [0.4, 0.5) is 4.79 Å². The van der Waals surface area contributed by atoms with Gasteiger partial charge >= 0.3 is 6.03 Å². The lowest BCUT2D eigenvalue weighted by atomic mass is 9.96. The van der Waals surface area contributed by atoms with Crippen LogP contribution in [0, 0.1) is 0 Å². The molecule has 7 N–H and O–H groups in total. The Balaban J connectivity index is 0.00000561. The fourth-order valence-electron chi connectivity index (χ4n) is 8.22. The number of thioether (sulfide) groups is 1. The van der Waals surface area contributed by atoms with Gasteiger partial charge in [0, 0.05) is 30.0 Å². The summed E-state index contributed by atoms with van der Waals surface area (Å²) < 4.78 is 0. The summed E-state index contributed by atoms with van der Waals surface area (Å²) >= 11 is 1.90. The van der Waals surface area contributed by atoms with E-state index in [1.165, 1.54) is 0 Å². The van der Waals surface area contributed by atoms with Gasteiger partial charge in [-0.05, 0) is 80.9 Å². The van der Waals surface area contributed by atoms with Gasteiger partial charge in [-0.25, -0.2) is 4.79 Å². The average Bonchev–Trinajstić information content (AvgIpc) is 3.85. The summed E-state index contributed by atoms with van der Waals surface area (Å²) in [5.74, 6) is 0.295. The zero-order valence-corrected chi connectivity index (χ0v) is 32.7. The Labute approximate surface area is 329 Å². The maximum Gasteiger partial charge on any atom is 0.315 e. The first-order chi connectivity index (χ1) is 25.7. The molecule has 0 radical (unpaired) electrons. The molecular formula is C40H56ClN7O5S. The SMILES string of the molecule is CC[C@H](N)C(=O)N[C@H]1CCC[C@H]2CC[C@@H](C(=O)N[C@@H](c3ccccc3)c3ccc(CCCNC(=O)CCCC[C@@H]4SC[C@@H]5NC(=O)N[C@@H]54)cc3)N2C1=O.Cl. The minimum absolute atomic E-state index is 0. The number of rotatable bonds is 16. The average molecular weight is 782 g/mol. The van der Waals surface area contributed by atoms with E-state index in [-0.39, 0.29) is 60.2 Å². The number of halogens is 1. The Morgan fingerprint density at radius 1 is 0.944 bits per heavy atom. The Bertz CT molecular complexity index is 1600. The maximum atomic E-state index is 14.0. The Morgan fingerprint density at radius 2 is 1.70 bits per heavy atom. The lowest BCUT2D eigenvalue weighted by Crippen LogP contribution is -2.56. The van der Waals surface area contributed by atoms with E-state index in [4.69, 9.17) is 5.73 Å². The molecule has 0 aromatic heterocycles. The van der Waals surface area contributed by atoms with Gasteiger partial charge in [0.25, 0.3) is 0 Å². The molecular weight excluding hydrogens is 726 g/mol. The van der Waals surface area contributed by atoms with E-state index in [1.54, 1.807) is 4.90 Å². The van der Waals surface area contributed by atoms with Crippen LogP contribution in [0.25, 0.3) is 0 Å². The van der Waals surface area contributed by atoms with Gasteiger partial charge < -0.3 is 37.2 Å². The molecule has 2 aromatic rings. The summed E-state index contributed by atoms with van der Waals surface area (Å²) in [5.41, 5.74) is 8.97. The van der Waals surface area contributed by atoms with E-state index in [0.717, 1.165) is 73.8 Å². The van der Waals surface area contributed by atoms with Crippen molar-refractivity contribution in [3.63, 3.8) is 0 Å². The van der Waals surface area contributed by atoms with Crippen LogP contribution in [-0.4, -0.2) is 88.4 Å². The molecule has 8 atom stereocenters. The molecule has 4 fully saturated rings. The molecule has 294 valence electrons. The number of hydrogen-bond donors (Lipinski definition) is 6. The van der Waals surface area contributed by atoms with Crippen LogP contribution in [0.15, 0.2) is 54.6 Å². The number of benzene rings is 2. The first kappa shape index (κ1) is 41.4. The van der Waals surface area contributed by atoms with Gasteiger partial charge in [0.05, 0.1) is 24.2 Å². The van der Waals surface area contributed by atoms with Crippen molar-refractivity contribution in [3.8, 4) is 0 Å². The number of hydrogen-bond acceptors (Lipinski definition) is 7. The fourth-order valence-corrected chi connectivity index (χ4v) is 9.76. The normalized spacial score (nSPS) is 25.6. The number of aryl methyl sites for hydroxylation is 1. The van der Waals surface area contributed by atoms with E-state index in [9.17, 15) is 24.0 Å². The van der Waals surface area contributed by atoms with Gasteiger partial charge in [-0.3, -0.25) is 19.2 Å². The summed E-state index contributed by atoms with van der Waals surface area (Å²) in [4.78, 5) is 66.2. The number of urea groups is 1. The Morgan fingerprint density at radius 3 is 2.46 bits per heavy atom. The van der Waals surface area contributed by atoms with Crippen molar-refractivity contribution in [2.24, 2.45) is 5.73 Å². The molecule has 4 aliphatic rings. The summed E-state index contributed by atoms with van der Waals surface area (Å²) in [5, 5.41) is 15.6. The highest BCUT2D eigenvalue weighted by atomic mass is 35.5. The zero-order chi connectivity index (χ0) is 37.3. The molecule has 4 heterocycles. The second-order valence-corrected chi connectivity index (χ2v) is 16.2. The number of fused-ring (bicyclic) bond motifs is 2. The van der Waals surface area contributed by atoms with Crippen LogP contribution in [-0.2, 0) is 25.6 Å². The molecule has 2 aromatic carbocycles. The third kappa shape index (κ3) is 10.3. The third-order valence-electron chi connectivity index (χ3n) is 11.3. The van der Waals surface area contributed by atoms with Crippen molar-refractivity contribution in [2.45, 2.75) is 132 Å². The molecule has 54 heavy (non-hydrogen) atoms. The van der Waals surface area contributed by atoms with E-state index in [2.05, 4.69) is 38.7 Å². The standard InChI is InChI=1S/C40H55N7O5S.ClH/c1-2-29(41)37(49)43-30-14-8-13-28-21-22-32(47(28)39(30)51)38(50)45-35(26-11-4-3-5-12-26)27-19-17-25(18-20-27)10-9-23-42-34(48)16-7-6-15-33-36-31(24-53-33)44-40(52)46-36;/h3-5,11-12,17-20,28-33,35-36H,2,6-10,13-16,21-24,41H2,1H3,(H,42,48)(H,43,49)(H,45,50)(H2,44,46,52);1H/t28-,29-,30-,31-,32-,33-,35-,36-;/m0./s1. The fraction of sp³-hybridized carbons (Fsp3) is 0.575. The topological polar surface area (TPSA) is 175 Å². The molecule has 0 aliphatic carbocycles. The Kier molecular flexibility index (Phi) is 15.1. The largest absolute Gasteiger partial charge is 0.356 e. The number of nitrogens with zero attached hydrogens (tertiary/aromatic N) is 1. The minimum Gasteiger partial charge on any atom is -0.356 e. The molecule has 12 nitrogen and oxygen atoms in total. The van der Waals surface area contributed by atoms with Gasteiger partial charge in [0.1, 0.15) is 12.1 Å². The molecule has 4 saturated heterocycles. The quantitative estimate of drug-likeness (QED) is 0.111. The zero-order valence-electron chi connectivity index (χ0n) is 31.1. The summed E-state index contributed by atoms with van der Waals surface area (Å²) in [6.07, 6.45) is 8.89. The molecule has 0 spiro atoms. The van der Waals surface area contributed by atoms with Crippen molar-refractivity contribution in [1.82, 2.24) is 31.5 Å². The van der Waals surface area contributed by atoms with Crippen molar-refractivity contribution in [1.29, 1.82) is 0 Å². The smallest absolute Gasteiger partial charge is 0.315 e. The van der Waals surface area contributed by atoms with E-state index >= 15 is 0 Å². The monoisotopic (exact) mass is 781 g/mol. The van der Waals surface area contributed by atoms with E-state index in [0.29, 0.717) is 37.5 Å². The number of nitrogens with two attached hydrogens (primary N) is 1. The molecule has 6 amide bonds. The van der Waals surface area contributed by atoms with Crippen LogP contribution in [0.2, 0.25) is 0 Å². The number of carbonyl (C=O) groups is 5. The first-order valence-electron chi connectivity index (χ1n) is 19.5. The highest BCUT2D eigenvalue weighted by Crippen LogP contribution is 2.34. The summed E-state index contributed by atoms with van der Waals surface area (Å²) in [6.45, 7) is 2.44. The van der Waals surface area contributed by atoms with Gasteiger partial charge in [0.2, 0.25) is 23.6 Å². The van der Waals surface area contributed by atoms with E-state index < -0.39 is 24.2 Å². The predicted octanol–water partition coefficient (Wildman–Crippen LogP) is 3.85. The number of carbonyl (C=O) groups excluding carboxylic acids is 5. The summed E-state index contributed by atoms with van der Waals surface area (Å²) in [6, 6.07) is 16.0. The van der Waals surface area contributed by atoms with Gasteiger partial charge in [0.15, 0.2) is 0 Å². The van der Waals surface area contributed by atoms with Gasteiger partial charge in [-0.15, -0.1) is 12.4 Å². The second kappa shape index (κ2) is 19.7. The highest BCUT2D eigenvalue weighted by Gasteiger charge is 2.45. The second-order valence-electron chi connectivity index (χ2n) is 14.9. The van der Waals surface area contributed by atoms with Crippen molar-refractivity contribution >= 4 is 53.8 Å². The molecule has 4 aliphatic heterocycles. The van der Waals surface area contributed by atoms with Crippen LogP contribution in [0.5, 0.6) is 0 Å². The van der Waals surface area contributed by atoms with Gasteiger partial charge in [-0.1, -0.05) is 67.9 Å². The van der Waals surface area contributed by atoms with Gasteiger partial charge in [-0.2, -0.15) is 11.8 Å². The van der Waals surface area contributed by atoms with Crippen LogP contribution < -0.4 is 32.3 Å². The molecule has 0 bridgehead atoms. The lowest BCUT2D eigenvalue weighted by molar-refractivity contribution is -0.143. The predicted molar refractivity (Wildman–Crippen MR) is 213 cm³/mol. The summed E-state index contributed by atoms with van der Waals surface area (Å²) in [7, 11) is 0. The number of nitrogens with one attached hydrogen (secondary N) is 5. The highest BCUT2D eigenvalue weighted by molar-refractivity contribution is 8.00. The van der Waals surface area contributed by atoms with Crippen molar-refractivity contribution < 1.29 is 24.0 Å². The van der Waals surface area contributed by atoms with Crippen LogP contribution in [0.1, 0.15) is 100 Å². The third-order valence-corrected chi connectivity index (χ3v) is 12.8. The maximum absolute atomic E-state index is 14.0. The molecule has 0 saturated carbocycles. The minimum atomic E-state index is -0.680. The number of amides is 6. The Hall–Kier alpha value is -3.81. The van der Waals surface area contributed by atoms with Crippen molar-refractivity contribution in [2.75, 3.05) is 12.3 Å². The molecule has 14 heteroatoms. The van der Waals surface area contributed by atoms with Crippen molar-refractivity contribution in [3.05, 3.63) is 71.3 Å².